The Bertz CT molecular complexity index is 753. The van der Waals surface area contributed by atoms with Crippen LogP contribution in [0, 0.1) is 5.41 Å². The zero-order valence-electron chi connectivity index (χ0n) is 15.0. The molecule has 0 saturated heterocycles. The third-order valence-electron chi connectivity index (χ3n) is 4.53. The van der Waals surface area contributed by atoms with E-state index in [1.54, 1.807) is 24.3 Å². The molecule has 0 spiro atoms. The lowest BCUT2D eigenvalue weighted by Gasteiger charge is -2.15. The van der Waals surface area contributed by atoms with Crippen LogP contribution in [0.4, 0.5) is 5.69 Å². The number of unbranched alkanes of at least 4 members (excludes halogenated alkanes) is 1. The molecule has 2 aromatic carbocycles. The summed E-state index contributed by atoms with van der Waals surface area (Å²) >= 11 is 0. The quantitative estimate of drug-likeness (QED) is 0.555. The van der Waals surface area contributed by atoms with Crippen LogP contribution in [-0.4, -0.2) is 18.4 Å². The van der Waals surface area contributed by atoms with Gasteiger partial charge in [0.15, 0.2) is 0 Å². The normalized spacial score (nSPS) is 14.3. The first-order valence-electron chi connectivity index (χ1n) is 9.07. The van der Waals surface area contributed by atoms with Gasteiger partial charge in [0.2, 0.25) is 11.8 Å². The molecule has 2 N–H and O–H groups in total. The van der Waals surface area contributed by atoms with Crippen molar-refractivity contribution in [2.24, 2.45) is 5.41 Å². The van der Waals surface area contributed by atoms with Gasteiger partial charge in [0, 0.05) is 12.2 Å². The zero-order chi connectivity index (χ0) is 18.4. The standard InChI is InChI=1S/C21H24N2O3/c1-2-3-15-22-19(24)21(13-14-21)20(25)23-16-9-11-18(12-10-16)26-17-7-5-4-6-8-17/h4-12H,2-3,13-15H2,1H3,(H,22,24)(H,23,25). The predicted molar refractivity (Wildman–Crippen MR) is 101 cm³/mol. The Morgan fingerprint density at radius 3 is 2.23 bits per heavy atom. The molecular weight excluding hydrogens is 328 g/mol. The summed E-state index contributed by atoms with van der Waals surface area (Å²) in [5.41, 5.74) is -0.240. The van der Waals surface area contributed by atoms with E-state index in [0.29, 0.717) is 30.8 Å². The Morgan fingerprint density at radius 2 is 1.62 bits per heavy atom. The molecule has 5 nitrogen and oxygen atoms in total. The molecule has 0 aliphatic heterocycles. The number of anilines is 1. The Kier molecular flexibility index (Phi) is 5.56. The molecule has 136 valence electrons. The van der Waals surface area contributed by atoms with Crippen molar-refractivity contribution in [1.29, 1.82) is 0 Å². The van der Waals surface area contributed by atoms with E-state index < -0.39 is 5.41 Å². The molecule has 0 heterocycles. The van der Waals surface area contributed by atoms with Gasteiger partial charge in [-0.2, -0.15) is 0 Å². The fraction of sp³-hybridized carbons (Fsp3) is 0.333. The number of para-hydroxylation sites is 1. The highest BCUT2D eigenvalue weighted by atomic mass is 16.5. The van der Waals surface area contributed by atoms with Crippen LogP contribution >= 0.6 is 0 Å². The summed E-state index contributed by atoms with van der Waals surface area (Å²) in [6, 6.07) is 16.6. The highest BCUT2D eigenvalue weighted by molar-refractivity contribution is 6.13. The maximum absolute atomic E-state index is 12.5. The molecule has 3 rings (SSSR count). The number of amides is 2. The van der Waals surface area contributed by atoms with Gasteiger partial charge >= 0.3 is 0 Å². The van der Waals surface area contributed by atoms with E-state index in [0.717, 1.165) is 18.6 Å². The maximum atomic E-state index is 12.5. The van der Waals surface area contributed by atoms with Gasteiger partial charge in [-0.25, -0.2) is 0 Å². The number of benzene rings is 2. The molecule has 26 heavy (non-hydrogen) atoms. The van der Waals surface area contributed by atoms with Gasteiger partial charge in [0.25, 0.3) is 0 Å². The van der Waals surface area contributed by atoms with Gasteiger partial charge in [-0.15, -0.1) is 0 Å². The minimum atomic E-state index is -0.896. The Balaban J connectivity index is 1.57. The van der Waals surface area contributed by atoms with E-state index in [1.165, 1.54) is 0 Å². The molecule has 1 aliphatic rings. The fourth-order valence-corrected chi connectivity index (χ4v) is 2.71. The molecule has 1 fully saturated rings. The van der Waals surface area contributed by atoms with Gasteiger partial charge in [-0.1, -0.05) is 31.5 Å². The van der Waals surface area contributed by atoms with Crippen LogP contribution in [0.5, 0.6) is 11.5 Å². The van der Waals surface area contributed by atoms with Crippen molar-refractivity contribution in [3.63, 3.8) is 0 Å². The molecule has 1 saturated carbocycles. The number of rotatable bonds is 8. The van der Waals surface area contributed by atoms with Gasteiger partial charge in [0.05, 0.1) is 0 Å². The second-order valence-electron chi connectivity index (χ2n) is 6.59. The fourth-order valence-electron chi connectivity index (χ4n) is 2.71. The van der Waals surface area contributed by atoms with Crippen molar-refractivity contribution in [2.75, 3.05) is 11.9 Å². The van der Waals surface area contributed by atoms with E-state index in [4.69, 9.17) is 4.74 Å². The van der Waals surface area contributed by atoms with E-state index in [2.05, 4.69) is 17.6 Å². The van der Waals surface area contributed by atoms with Gasteiger partial charge < -0.3 is 15.4 Å². The summed E-state index contributed by atoms with van der Waals surface area (Å²) in [6.07, 6.45) is 3.14. The summed E-state index contributed by atoms with van der Waals surface area (Å²) < 4.78 is 5.73. The van der Waals surface area contributed by atoms with Crippen LogP contribution in [0.1, 0.15) is 32.6 Å². The van der Waals surface area contributed by atoms with Gasteiger partial charge in [0.1, 0.15) is 16.9 Å². The number of carbonyl (C=O) groups excluding carboxylic acids is 2. The van der Waals surface area contributed by atoms with E-state index >= 15 is 0 Å². The van der Waals surface area contributed by atoms with Gasteiger partial charge in [-0.05, 0) is 55.7 Å². The molecule has 0 atom stereocenters. The van der Waals surface area contributed by atoms with Gasteiger partial charge in [-0.3, -0.25) is 9.59 Å². The van der Waals surface area contributed by atoms with E-state index in [1.807, 2.05) is 30.3 Å². The average Bonchev–Trinajstić information content (AvgIpc) is 3.46. The van der Waals surface area contributed by atoms with Crippen LogP contribution in [0.2, 0.25) is 0 Å². The molecule has 0 unspecified atom stereocenters. The lowest BCUT2D eigenvalue weighted by atomic mass is 10.0. The lowest BCUT2D eigenvalue weighted by Crippen LogP contribution is -2.40. The number of carbonyl (C=O) groups is 2. The summed E-state index contributed by atoms with van der Waals surface area (Å²) in [6.45, 7) is 2.69. The van der Waals surface area contributed by atoms with Crippen molar-refractivity contribution in [1.82, 2.24) is 5.32 Å². The van der Waals surface area contributed by atoms with Crippen molar-refractivity contribution in [3.8, 4) is 11.5 Å². The number of ether oxygens (including phenoxy) is 1. The van der Waals surface area contributed by atoms with Crippen molar-refractivity contribution in [2.45, 2.75) is 32.6 Å². The summed E-state index contributed by atoms with van der Waals surface area (Å²) in [4.78, 5) is 24.8. The van der Waals surface area contributed by atoms with Crippen LogP contribution in [0.25, 0.3) is 0 Å². The number of hydrogen-bond acceptors (Lipinski definition) is 3. The highest BCUT2D eigenvalue weighted by Gasteiger charge is 2.56. The number of nitrogens with one attached hydrogen (secondary N) is 2. The molecule has 0 radical (unpaired) electrons. The first-order chi connectivity index (χ1) is 12.6. The Labute approximate surface area is 153 Å². The Hall–Kier alpha value is -2.82. The lowest BCUT2D eigenvalue weighted by molar-refractivity contribution is -0.134. The van der Waals surface area contributed by atoms with Crippen LogP contribution in [-0.2, 0) is 9.59 Å². The van der Waals surface area contributed by atoms with Crippen LogP contribution in [0.15, 0.2) is 54.6 Å². The first kappa shape index (κ1) is 18.0. The monoisotopic (exact) mass is 352 g/mol. The highest BCUT2D eigenvalue weighted by Crippen LogP contribution is 2.46. The maximum Gasteiger partial charge on any atom is 0.240 e. The largest absolute Gasteiger partial charge is 0.457 e. The molecule has 1 aliphatic carbocycles. The summed E-state index contributed by atoms with van der Waals surface area (Å²) in [7, 11) is 0. The first-order valence-corrected chi connectivity index (χ1v) is 9.07. The Morgan fingerprint density at radius 1 is 0.962 bits per heavy atom. The predicted octanol–water partition coefficient (Wildman–Crippen LogP) is 4.11. The summed E-state index contributed by atoms with van der Waals surface area (Å²) in [5, 5.41) is 5.72. The minimum absolute atomic E-state index is 0.160. The molecule has 2 amide bonds. The summed E-state index contributed by atoms with van der Waals surface area (Å²) in [5.74, 6) is 1.05. The second-order valence-corrected chi connectivity index (χ2v) is 6.59. The van der Waals surface area contributed by atoms with Crippen molar-refractivity contribution < 1.29 is 14.3 Å². The van der Waals surface area contributed by atoms with Crippen molar-refractivity contribution >= 4 is 17.5 Å². The molecule has 5 heteroatoms. The van der Waals surface area contributed by atoms with Crippen LogP contribution in [0.3, 0.4) is 0 Å². The third kappa shape index (κ3) is 4.23. The smallest absolute Gasteiger partial charge is 0.240 e. The van der Waals surface area contributed by atoms with Crippen molar-refractivity contribution in [3.05, 3.63) is 54.6 Å². The number of hydrogen-bond donors (Lipinski definition) is 2. The molecular formula is C21H24N2O3. The van der Waals surface area contributed by atoms with E-state index in [9.17, 15) is 9.59 Å². The topological polar surface area (TPSA) is 67.4 Å². The van der Waals surface area contributed by atoms with E-state index in [-0.39, 0.29) is 11.8 Å². The zero-order valence-corrected chi connectivity index (χ0v) is 15.0. The minimum Gasteiger partial charge on any atom is -0.457 e. The van der Waals surface area contributed by atoms with Crippen LogP contribution < -0.4 is 15.4 Å². The molecule has 0 bridgehead atoms. The molecule has 2 aromatic rings. The third-order valence-corrected chi connectivity index (χ3v) is 4.53. The second kappa shape index (κ2) is 8.04. The SMILES string of the molecule is CCCCNC(=O)C1(C(=O)Nc2ccc(Oc3ccccc3)cc2)CC1. The average molecular weight is 352 g/mol. The molecule has 0 aromatic heterocycles.